The van der Waals surface area contributed by atoms with Gasteiger partial charge in [-0.15, -0.1) is 0 Å². The van der Waals surface area contributed by atoms with Crippen molar-refractivity contribution in [1.29, 1.82) is 0 Å². The van der Waals surface area contributed by atoms with Crippen molar-refractivity contribution < 1.29 is 13.9 Å². The van der Waals surface area contributed by atoms with Crippen molar-refractivity contribution in [2.24, 2.45) is 0 Å². The van der Waals surface area contributed by atoms with Gasteiger partial charge < -0.3 is 15.4 Å². The van der Waals surface area contributed by atoms with Crippen LogP contribution in [-0.4, -0.2) is 42.8 Å². The van der Waals surface area contributed by atoms with E-state index >= 15 is 0 Å². The number of hydrogen-bond donors (Lipinski definition) is 1. The molecule has 1 amide bonds. The molecule has 0 radical (unpaired) electrons. The number of carbonyl (C=O) groups excluding carboxylic acids is 1. The first-order valence-electron chi connectivity index (χ1n) is 9.85. The number of likely N-dealkylation sites (tertiary alicyclic amines) is 1. The summed E-state index contributed by atoms with van der Waals surface area (Å²) in [5.74, 6) is -0.323. The number of carbonyl (C=O) groups is 1. The number of nitrogens with zero attached hydrogens (tertiary/aromatic N) is 2. The van der Waals surface area contributed by atoms with Crippen molar-refractivity contribution in [2.75, 3.05) is 36.9 Å². The van der Waals surface area contributed by atoms with Gasteiger partial charge in [0, 0.05) is 24.3 Å². The first-order chi connectivity index (χ1) is 13.6. The Labute approximate surface area is 164 Å². The third-order valence-corrected chi connectivity index (χ3v) is 5.69. The topological polar surface area (TPSA) is 58.8 Å². The molecule has 5 nitrogen and oxygen atoms in total. The number of cyclic esters (lactones) is 1. The predicted octanol–water partition coefficient (Wildman–Crippen LogP) is 3.83. The largest absolute Gasteiger partial charge is 0.447 e. The van der Waals surface area contributed by atoms with Crippen LogP contribution in [0.2, 0.25) is 0 Å². The fourth-order valence-corrected chi connectivity index (χ4v) is 4.34. The van der Waals surface area contributed by atoms with Crippen molar-refractivity contribution in [3.8, 4) is 0 Å². The van der Waals surface area contributed by atoms with Crippen LogP contribution in [0.3, 0.4) is 0 Å². The molecule has 0 bridgehead atoms. The van der Waals surface area contributed by atoms with Gasteiger partial charge in [-0.1, -0.05) is 18.6 Å². The van der Waals surface area contributed by atoms with Gasteiger partial charge in [-0.3, -0.25) is 4.90 Å². The van der Waals surface area contributed by atoms with Gasteiger partial charge in [0.1, 0.15) is 18.0 Å². The molecule has 1 atom stereocenters. The highest BCUT2D eigenvalue weighted by atomic mass is 19.1. The minimum absolute atomic E-state index is 0.310. The number of benzene rings is 2. The first-order valence-corrected chi connectivity index (χ1v) is 9.85. The fourth-order valence-electron chi connectivity index (χ4n) is 4.34. The molecule has 2 saturated heterocycles. The molecule has 2 aromatic carbocycles. The Hall–Kier alpha value is -2.60. The van der Waals surface area contributed by atoms with Crippen LogP contribution < -0.4 is 10.6 Å². The van der Waals surface area contributed by atoms with E-state index in [9.17, 15) is 9.18 Å². The summed E-state index contributed by atoms with van der Waals surface area (Å²) >= 11 is 0. The Bertz CT molecular complexity index is 819. The van der Waals surface area contributed by atoms with E-state index in [0.29, 0.717) is 24.4 Å². The molecule has 2 heterocycles. The highest BCUT2D eigenvalue weighted by Gasteiger charge is 2.49. The van der Waals surface area contributed by atoms with Gasteiger partial charge >= 0.3 is 6.09 Å². The second-order valence-corrected chi connectivity index (χ2v) is 7.85. The van der Waals surface area contributed by atoms with E-state index in [0.717, 1.165) is 25.2 Å². The zero-order chi connectivity index (χ0) is 19.6. The lowest BCUT2D eigenvalue weighted by Gasteiger charge is -2.41. The van der Waals surface area contributed by atoms with Gasteiger partial charge in [0.25, 0.3) is 0 Å². The van der Waals surface area contributed by atoms with E-state index in [1.807, 2.05) is 24.3 Å². The summed E-state index contributed by atoms with van der Waals surface area (Å²) in [6, 6.07) is 13.8. The molecule has 2 fully saturated rings. The summed E-state index contributed by atoms with van der Waals surface area (Å²) in [4.78, 5) is 16.9. The van der Waals surface area contributed by atoms with Gasteiger partial charge in [0.15, 0.2) is 0 Å². The lowest BCUT2D eigenvalue weighted by Crippen LogP contribution is -2.57. The SMILES string of the molecule is Nc1ccc(CC2(CN3CCCCC3)COC(=O)N2c2ccc(F)cc2)cc1. The molecule has 2 aliphatic rings. The van der Waals surface area contributed by atoms with Crippen molar-refractivity contribution in [2.45, 2.75) is 31.2 Å². The molecular weight excluding hydrogens is 357 g/mol. The lowest BCUT2D eigenvalue weighted by molar-refractivity contribution is 0.145. The summed E-state index contributed by atoms with van der Waals surface area (Å²) < 4.78 is 19.0. The van der Waals surface area contributed by atoms with Gasteiger partial charge in [-0.05, 0) is 67.9 Å². The van der Waals surface area contributed by atoms with Gasteiger partial charge in [-0.25, -0.2) is 9.18 Å². The van der Waals surface area contributed by atoms with Crippen LogP contribution in [0.4, 0.5) is 20.6 Å². The summed E-state index contributed by atoms with van der Waals surface area (Å²) in [6.45, 7) is 3.08. The molecule has 0 aromatic heterocycles. The summed E-state index contributed by atoms with van der Waals surface area (Å²) in [6.07, 6.45) is 3.86. The highest BCUT2D eigenvalue weighted by Crippen LogP contribution is 2.35. The minimum Gasteiger partial charge on any atom is -0.447 e. The van der Waals surface area contributed by atoms with Gasteiger partial charge in [0.05, 0.1) is 0 Å². The molecule has 0 aliphatic carbocycles. The van der Waals surface area contributed by atoms with E-state index in [1.54, 1.807) is 17.0 Å². The Morgan fingerprint density at radius 3 is 2.36 bits per heavy atom. The molecule has 1 unspecified atom stereocenters. The molecular formula is C22H26FN3O2. The predicted molar refractivity (Wildman–Crippen MR) is 108 cm³/mol. The van der Waals surface area contributed by atoms with Gasteiger partial charge in [0.2, 0.25) is 0 Å². The van der Waals surface area contributed by atoms with Crippen LogP contribution in [0.5, 0.6) is 0 Å². The van der Waals surface area contributed by atoms with Crippen LogP contribution in [-0.2, 0) is 11.2 Å². The number of nitrogen functional groups attached to an aromatic ring is 1. The standard InChI is InChI=1S/C22H26FN3O2/c23-18-6-10-20(11-7-18)26-21(27)28-16-22(26,15-25-12-2-1-3-13-25)14-17-4-8-19(24)9-5-17/h4-11H,1-3,12-16,24H2. The maximum atomic E-state index is 13.5. The number of rotatable bonds is 5. The molecule has 2 aliphatic heterocycles. The molecule has 148 valence electrons. The van der Waals surface area contributed by atoms with Crippen molar-refractivity contribution in [1.82, 2.24) is 4.90 Å². The number of amides is 1. The monoisotopic (exact) mass is 383 g/mol. The fraction of sp³-hybridized carbons (Fsp3) is 0.409. The number of ether oxygens (including phenoxy) is 1. The van der Waals surface area contributed by atoms with Crippen LogP contribution in [0.1, 0.15) is 24.8 Å². The third-order valence-electron chi connectivity index (χ3n) is 5.69. The zero-order valence-electron chi connectivity index (χ0n) is 15.9. The summed E-state index contributed by atoms with van der Waals surface area (Å²) in [5.41, 5.74) is 7.77. The molecule has 2 N–H and O–H groups in total. The van der Waals surface area contributed by atoms with Gasteiger partial charge in [-0.2, -0.15) is 0 Å². The van der Waals surface area contributed by atoms with E-state index in [4.69, 9.17) is 10.5 Å². The second kappa shape index (κ2) is 7.80. The molecule has 2 aromatic rings. The maximum Gasteiger partial charge on any atom is 0.415 e. The number of anilines is 2. The highest BCUT2D eigenvalue weighted by molar-refractivity contribution is 5.91. The zero-order valence-corrected chi connectivity index (χ0v) is 15.9. The van der Waals surface area contributed by atoms with E-state index < -0.39 is 5.54 Å². The average molecular weight is 383 g/mol. The quantitative estimate of drug-likeness (QED) is 0.797. The van der Waals surface area contributed by atoms with Crippen molar-refractivity contribution in [3.63, 3.8) is 0 Å². The van der Waals surface area contributed by atoms with Crippen LogP contribution >= 0.6 is 0 Å². The second-order valence-electron chi connectivity index (χ2n) is 7.85. The average Bonchev–Trinajstić information content (AvgIpc) is 3.01. The van der Waals surface area contributed by atoms with E-state index in [-0.39, 0.29) is 11.9 Å². The van der Waals surface area contributed by atoms with Crippen LogP contribution in [0.15, 0.2) is 48.5 Å². The normalized spacial score (nSPS) is 23.0. The summed E-state index contributed by atoms with van der Waals surface area (Å²) in [5, 5.41) is 0. The minimum atomic E-state index is -0.539. The molecule has 6 heteroatoms. The van der Waals surface area contributed by atoms with Crippen molar-refractivity contribution in [3.05, 3.63) is 59.9 Å². The third kappa shape index (κ3) is 3.83. The van der Waals surface area contributed by atoms with Crippen molar-refractivity contribution >= 4 is 17.5 Å². The number of piperidine rings is 1. The lowest BCUT2D eigenvalue weighted by atomic mass is 9.88. The number of halogens is 1. The Morgan fingerprint density at radius 2 is 1.68 bits per heavy atom. The molecule has 4 rings (SSSR count). The van der Waals surface area contributed by atoms with E-state index in [2.05, 4.69) is 4.90 Å². The van der Waals surface area contributed by atoms with Crippen LogP contribution in [0, 0.1) is 5.82 Å². The van der Waals surface area contributed by atoms with Crippen LogP contribution in [0.25, 0.3) is 0 Å². The first kappa shape index (κ1) is 18.7. The maximum absolute atomic E-state index is 13.5. The Kier molecular flexibility index (Phi) is 5.22. The number of hydrogen-bond acceptors (Lipinski definition) is 4. The summed E-state index contributed by atoms with van der Waals surface area (Å²) in [7, 11) is 0. The number of nitrogens with two attached hydrogens (primary N) is 1. The molecule has 0 saturated carbocycles. The Morgan fingerprint density at radius 1 is 1.00 bits per heavy atom. The van der Waals surface area contributed by atoms with E-state index in [1.165, 1.54) is 31.4 Å². The smallest absolute Gasteiger partial charge is 0.415 e. The molecule has 0 spiro atoms. The Balaban J connectivity index is 1.70. The molecule has 28 heavy (non-hydrogen) atoms.